The molecular weight excluding hydrogens is 326 g/mol. The topological polar surface area (TPSA) is 76.3 Å². The summed E-state index contributed by atoms with van der Waals surface area (Å²) in [5, 5.41) is 7.71. The molecule has 0 N–H and O–H groups in total. The summed E-state index contributed by atoms with van der Waals surface area (Å²) in [5.41, 5.74) is 0.957. The molecule has 7 heteroatoms. The van der Waals surface area contributed by atoms with Crippen LogP contribution in [0.25, 0.3) is 0 Å². The number of fused-ring (bicyclic) bond motifs is 1. The Morgan fingerprint density at radius 3 is 2.70 bits per heavy atom. The number of ketones is 1. The molecule has 1 aromatic heterocycles. The first-order valence-corrected chi connectivity index (χ1v) is 6.86. The van der Waals surface area contributed by atoms with E-state index in [9.17, 15) is 9.59 Å². The molecule has 0 saturated heterocycles. The van der Waals surface area contributed by atoms with Gasteiger partial charge in [-0.25, -0.2) is 0 Å². The Kier molecular flexibility index (Phi) is 3.13. The fourth-order valence-corrected chi connectivity index (χ4v) is 2.42. The van der Waals surface area contributed by atoms with E-state index in [0.717, 1.165) is 4.47 Å². The van der Waals surface area contributed by atoms with Gasteiger partial charge in [-0.2, -0.15) is 0 Å². The molecule has 3 rings (SSSR count). The van der Waals surface area contributed by atoms with Crippen LogP contribution in [0.4, 0.5) is 5.69 Å². The van der Waals surface area contributed by atoms with Crippen LogP contribution in [0.1, 0.15) is 29.1 Å². The summed E-state index contributed by atoms with van der Waals surface area (Å²) < 4.78 is 6.14. The van der Waals surface area contributed by atoms with Gasteiger partial charge in [0.1, 0.15) is 6.54 Å². The zero-order valence-electron chi connectivity index (χ0n) is 10.6. The number of anilines is 1. The van der Waals surface area contributed by atoms with E-state index in [0.29, 0.717) is 29.5 Å². The molecule has 0 fully saturated rings. The highest BCUT2D eigenvalue weighted by molar-refractivity contribution is 9.10. The number of amides is 1. The van der Waals surface area contributed by atoms with Crippen LogP contribution >= 0.6 is 15.9 Å². The lowest BCUT2D eigenvalue weighted by molar-refractivity contribution is -0.114. The Morgan fingerprint density at radius 2 is 2.00 bits per heavy atom. The van der Waals surface area contributed by atoms with Gasteiger partial charge in [0.05, 0.1) is 11.3 Å². The third kappa shape index (κ3) is 2.03. The van der Waals surface area contributed by atoms with Gasteiger partial charge in [-0.1, -0.05) is 22.9 Å². The zero-order chi connectivity index (χ0) is 14.3. The summed E-state index contributed by atoms with van der Waals surface area (Å²) >= 11 is 3.29. The van der Waals surface area contributed by atoms with Crippen LogP contribution in [-0.2, 0) is 17.8 Å². The van der Waals surface area contributed by atoms with Crippen molar-refractivity contribution in [1.82, 2.24) is 10.2 Å². The molecule has 1 aliphatic rings. The Bertz CT molecular complexity index is 711. The lowest BCUT2D eigenvalue weighted by Crippen LogP contribution is -2.29. The van der Waals surface area contributed by atoms with Crippen molar-refractivity contribution in [3.8, 4) is 0 Å². The number of Topliss-reactive ketones (excluding diaryl/α,β-unsaturated/α-hetero) is 1. The number of aryl methyl sites for hydroxylation is 1. The SMILES string of the molecule is CCc1nnc(CN2C(=O)C(=O)c3cc(Br)ccc32)o1. The second kappa shape index (κ2) is 4.82. The van der Waals surface area contributed by atoms with Gasteiger partial charge in [-0.15, -0.1) is 10.2 Å². The monoisotopic (exact) mass is 335 g/mol. The van der Waals surface area contributed by atoms with Crippen LogP contribution in [-0.4, -0.2) is 21.9 Å². The predicted octanol–water partition coefficient (Wildman–Crippen LogP) is 2.12. The van der Waals surface area contributed by atoms with E-state index in [2.05, 4.69) is 26.1 Å². The third-order valence-corrected chi connectivity index (χ3v) is 3.53. The van der Waals surface area contributed by atoms with E-state index in [1.165, 1.54) is 4.90 Å². The third-order valence-electron chi connectivity index (χ3n) is 3.04. The highest BCUT2D eigenvalue weighted by atomic mass is 79.9. The second-order valence-electron chi connectivity index (χ2n) is 4.32. The molecule has 6 nitrogen and oxygen atoms in total. The van der Waals surface area contributed by atoms with Crippen molar-refractivity contribution in [2.24, 2.45) is 0 Å². The van der Waals surface area contributed by atoms with Crippen molar-refractivity contribution >= 4 is 33.3 Å². The first kappa shape index (κ1) is 13.0. The van der Waals surface area contributed by atoms with Crippen molar-refractivity contribution in [2.75, 3.05) is 4.90 Å². The van der Waals surface area contributed by atoms with Crippen LogP contribution in [0.3, 0.4) is 0 Å². The lowest BCUT2D eigenvalue weighted by Gasteiger charge is -2.13. The summed E-state index contributed by atoms with van der Waals surface area (Å²) in [6.45, 7) is 2.00. The molecule has 0 saturated carbocycles. The Hall–Kier alpha value is -2.02. The van der Waals surface area contributed by atoms with Crippen molar-refractivity contribution in [1.29, 1.82) is 0 Å². The van der Waals surface area contributed by atoms with E-state index in [1.807, 2.05) is 6.92 Å². The molecule has 0 radical (unpaired) electrons. The number of rotatable bonds is 3. The summed E-state index contributed by atoms with van der Waals surface area (Å²) in [7, 11) is 0. The smallest absolute Gasteiger partial charge is 0.299 e. The van der Waals surface area contributed by atoms with Gasteiger partial charge in [0.15, 0.2) is 0 Å². The minimum atomic E-state index is -0.575. The lowest BCUT2D eigenvalue weighted by atomic mass is 10.1. The number of aromatic nitrogens is 2. The molecule has 0 aliphatic carbocycles. The number of nitrogens with zero attached hydrogens (tertiary/aromatic N) is 3. The Morgan fingerprint density at radius 1 is 1.25 bits per heavy atom. The van der Waals surface area contributed by atoms with Crippen LogP contribution < -0.4 is 4.90 Å². The quantitative estimate of drug-likeness (QED) is 0.803. The van der Waals surface area contributed by atoms with Gasteiger partial charge in [0.25, 0.3) is 11.7 Å². The molecule has 0 atom stereocenters. The standard InChI is InChI=1S/C13H10BrN3O3/c1-2-10-15-16-11(20-10)6-17-9-4-3-7(14)5-8(9)12(18)13(17)19/h3-5H,2,6H2,1H3. The number of carbonyl (C=O) groups excluding carboxylic acids is 2. The van der Waals surface area contributed by atoms with Crippen molar-refractivity contribution in [3.63, 3.8) is 0 Å². The minimum absolute atomic E-state index is 0.103. The van der Waals surface area contributed by atoms with Gasteiger partial charge in [-0.3, -0.25) is 14.5 Å². The largest absolute Gasteiger partial charge is 0.423 e. The van der Waals surface area contributed by atoms with Crippen LogP contribution in [0.5, 0.6) is 0 Å². The average molecular weight is 336 g/mol. The van der Waals surface area contributed by atoms with E-state index >= 15 is 0 Å². The molecule has 0 unspecified atom stereocenters. The molecule has 0 spiro atoms. The first-order valence-electron chi connectivity index (χ1n) is 6.07. The molecule has 1 aliphatic heterocycles. The predicted molar refractivity (Wildman–Crippen MR) is 73.3 cm³/mol. The summed E-state index contributed by atoms with van der Waals surface area (Å²) in [4.78, 5) is 25.3. The molecule has 1 aromatic carbocycles. The van der Waals surface area contributed by atoms with Gasteiger partial charge in [0, 0.05) is 10.9 Å². The van der Waals surface area contributed by atoms with E-state index < -0.39 is 11.7 Å². The number of carbonyl (C=O) groups is 2. The van der Waals surface area contributed by atoms with E-state index in [4.69, 9.17) is 4.42 Å². The molecule has 1 amide bonds. The number of halogens is 1. The molecular formula is C13H10BrN3O3. The maximum absolute atomic E-state index is 12.0. The van der Waals surface area contributed by atoms with Crippen LogP contribution in [0.15, 0.2) is 27.1 Å². The maximum Gasteiger partial charge on any atom is 0.299 e. The number of benzene rings is 1. The van der Waals surface area contributed by atoms with Gasteiger partial charge in [0.2, 0.25) is 11.8 Å². The van der Waals surface area contributed by atoms with Crippen molar-refractivity contribution in [2.45, 2.75) is 19.9 Å². The maximum atomic E-state index is 12.0. The van der Waals surface area contributed by atoms with Gasteiger partial charge < -0.3 is 4.42 Å². The number of hydrogen-bond acceptors (Lipinski definition) is 5. The Labute approximate surface area is 122 Å². The molecule has 102 valence electrons. The fraction of sp³-hybridized carbons (Fsp3) is 0.231. The summed E-state index contributed by atoms with van der Waals surface area (Å²) in [6, 6.07) is 5.14. The molecule has 2 heterocycles. The zero-order valence-corrected chi connectivity index (χ0v) is 12.2. The highest BCUT2D eigenvalue weighted by Crippen LogP contribution is 2.32. The van der Waals surface area contributed by atoms with Crippen LogP contribution in [0.2, 0.25) is 0 Å². The molecule has 2 aromatic rings. The molecule has 0 bridgehead atoms. The summed E-state index contributed by atoms with van der Waals surface area (Å²) in [5.74, 6) is -0.265. The molecule has 20 heavy (non-hydrogen) atoms. The fourth-order valence-electron chi connectivity index (χ4n) is 2.06. The number of hydrogen-bond donors (Lipinski definition) is 0. The normalized spacial score (nSPS) is 14.0. The van der Waals surface area contributed by atoms with E-state index in [-0.39, 0.29) is 6.54 Å². The minimum Gasteiger partial charge on any atom is -0.423 e. The average Bonchev–Trinajstić information content (AvgIpc) is 2.99. The summed E-state index contributed by atoms with van der Waals surface area (Å²) in [6.07, 6.45) is 0.628. The Balaban J connectivity index is 1.95. The van der Waals surface area contributed by atoms with Crippen molar-refractivity contribution < 1.29 is 14.0 Å². The van der Waals surface area contributed by atoms with Crippen molar-refractivity contribution in [3.05, 3.63) is 40.0 Å². The van der Waals surface area contributed by atoms with Gasteiger partial charge in [-0.05, 0) is 18.2 Å². The van der Waals surface area contributed by atoms with Crippen LogP contribution in [0, 0.1) is 0 Å². The highest BCUT2D eigenvalue weighted by Gasteiger charge is 2.36. The van der Waals surface area contributed by atoms with E-state index in [1.54, 1.807) is 18.2 Å². The second-order valence-corrected chi connectivity index (χ2v) is 5.24. The van der Waals surface area contributed by atoms with Gasteiger partial charge >= 0.3 is 0 Å². The first-order chi connectivity index (χ1) is 9.60.